The van der Waals surface area contributed by atoms with Crippen LogP contribution in [0.2, 0.25) is 0 Å². The molecule has 2 aromatic rings. The normalized spacial score (nSPS) is 13.3. The number of amides is 2. The zero-order chi connectivity index (χ0) is 22.4. The van der Waals surface area contributed by atoms with E-state index in [1.54, 1.807) is 6.07 Å². The summed E-state index contributed by atoms with van der Waals surface area (Å²) in [6.07, 6.45) is 0.984. The second kappa shape index (κ2) is 9.69. The molecule has 0 saturated heterocycles. The molecule has 3 rings (SSSR count). The molecule has 1 aliphatic heterocycles. The molecular formula is C21H25N3O6S. The van der Waals surface area contributed by atoms with Crippen molar-refractivity contribution in [3.05, 3.63) is 48.0 Å². The number of benzene rings is 2. The van der Waals surface area contributed by atoms with Crippen molar-refractivity contribution in [1.29, 1.82) is 0 Å². The standard InChI is InChI=1S/C21H25N3O6S/c1-14(2)11-20(25)22-23-21(26)15-5-3-6-16(12-15)24-31(27,28)17-7-8-18-19(13-17)30-10-4-9-29-18/h3,5-8,12-14,24H,4,9-11H2,1-2H3,(H,22,25)(H,23,26). The molecule has 10 heteroatoms. The number of ether oxygens (including phenoxy) is 2. The Balaban J connectivity index is 1.70. The lowest BCUT2D eigenvalue weighted by atomic mass is 10.1. The zero-order valence-electron chi connectivity index (χ0n) is 17.3. The quantitative estimate of drug-likeness (QED) is 0.585. The summed E-state index contributed by atoms with van der Waals surface area (Å²) in [5.41, 5.74) is 5.04. The van der Waals surface area contributed by atoms with Gasteiger partial charge in [-0.15, -0.1) is 0 Å². The highest BCUT2D eigenvalue weighted by molar-refractivity contribution is 7.92. The van der Waals surface area contributed by atoms with Crippen molar-refractivity contribution in [3.8, 4) is 11.5 Å². The van der Waals surface area contributed by atoms with Crippen molar-refractivity contribution in [2.45, 2.75) is 31.6 Å². The van der Waals surface area contributed by atoms with Crippen LogP contribution in [0, 0.1) is 5.92 Å². The first-order valence-electron chi connectivity index (χ1n) is 9.86. The fraction of sp³-hybridized carbons (Fsp3) is 0.333. The van der Waals surface area contributed by atoms with Gasteiger partial charge in [0.1, 0.15) is 0 Å². The van der Waals surface area contributed by atoms with Gasteiger partial charge in [0, 0.05) is 30.2 Å². The number of fused-ring (bicyclic) bond motifs is 1. The zero-order valence-corrected chi connectivity index (χ0v) is 18.1. The average molecular weight is 448 g/mol. The maximum atomic E-state index is 12.8. The summed E-state index contributed by atoms with van der Waals surface area (Å²) in [6.45, 7) is 4.72. The third-order valence-corrected chi connectivity index (χ3v) is 5.69. The molecule has 0 bridgehead atoms. The minimum Gasteiger partial charge on any atom is -0.490 e. The van der Waals surface area contributed by atoms with Gasteiger partial charge >= 0.3 is 0 Å². The first-order valence-corrected chi connectivity index (χ1v) is 11.3. The van der Waals surface area contributed by atoms with Gasteiger partial charge in [-0.25, -0.2) is 8.42 Å². The van der Waals surface area contributed by atoms with Gasteiger partial charge < -0.3 is 9.47 Å². The smallest absolute Gasteiger partial charge is 0.269 e. The molecule has 1 aliphatic rings. The van der Waals surface area contributed by atoms with E-state index in [-0.39, 0.29) is 34.4 Å². The summed E-state index contributed by atoms with van der Waals surface area (Å²) >= 11 is 0. The van der Waals surface area contributed by atoms with Crippen molar-refractivity contribution < 1.29 is 27.5 Å². The van der Waals surface area contributed by atoms with Crippen LogP contribution in [0.5, 0.6) is 11.5 Å². The van der Waals surface area contributed by atoms with Gasteiger partial charge in [0.25, 0.3) is 15.9 Å². The molecule has 9 nitrogen and oxygen atoms in total. The lowest BCUT2D eigenvalue weighted by Crippen LogP contribution is -2.42. The van der Waals surface area contributed by atoms with Gasteiger partial charge in [0.05, 0.1) is 18.1 Å². The SMILES string of the molecule is CC(C)CC(=O)NNC(=O)c1cccc(NS(=O)(=O)c2ccc3c(c2)OCCCO3)c1. The van der Waals surface area contributed by atoms with Crippen LogP contribution in [-0.2, 0) is 14.8 Å². The molecule has 3 N–H and O–H groups in total. The van der Waals surface area contributed by atoms with Gasteiger partial charge in [-0.05, 0) is 36.2 Å². The van der Waals surface area contributed by atoms with Crippen LogP contribution in [0.25, 0.3) is 0 Å². The minimum absolute atomic E-state index is 0.00699. The van der Waals surface area contributed by atoms with Crippen LogP contribution in [0.3, 0.4) is 0 Å². The van der Waals surface area contributed by atoms with E-state index in [1.165, 1.54) is 36.4 Å². The largest absolute Gasteiger partial charge is 0.490 e. The Morgan fingerprint density at radius 3 is 2.48 bits per heavy atom. The number of anilines is 1. The number of carbonyl (C=O) groups is 2. The first kappa shape index (κ1) is 22.4. The molecule has 0 unspecified atom stereocenters. The summed E-state index contributed by atoms with van der Waals surface area (Å²) in [4.78, 5) is 24.0. The molecule has 0 aliphatic carbocycles. The molecule has 2 aromatic carbocycles. The van der Waals surface area contributed by atoms with Crippen molar-refractivity contribution >= 4 is 27.5 Å². The monoisotopic (exact) mass is 447 g/mol. The van der Waals surface area contributed by atoms with E-state index >= 15 is 0 Å². The Morgan fingerprint density at radius 1 is 1.00 bits per heavy atom. The van der Waals surface area contributed by atoms with Crippen molar-refractivity contribution in [1.82, 2.24) is 10.9 Å². The Morgan fingerprint density at radius 2 is 1.74 bits per heavy atom. The maximum Gasteiger partial charge on any atom is 0.269 e. The maximum absolute atomic E-state index is 12.8. The highest BCUT2D eigenvalue weighted by atomic mass is 32.2. The van der Waals surface area contributed by atoms with E-state index in [9.17, 15) is 18.0 Å². The number of carbonyl (C=O) groups excluding carboxylic acids is 2. The van der Waals surface area contributed by atoms with Crippen molar-refractivity contribution in [2.75, 3.05) is 17.9 Å². The van der Waals surface area contributed by atoms with Crippen LogP contribution in [0.4, 0.5) is 5.69 Å². The lowest BCUT2D eigenvalue weighted by Gasteiger charge is -2.12. The minimum atomic E-state index is -3.93. The molecule has 0 spiro atoms. The molecule has 0 aromatic heterocycles. The van der Waals surface area contributed by atoms with Gasteiger partial charge in [-0.2, -0.15) is 0 Å². The fourth-order valence-corrected chi connectivity index (χ4v) is 3.93. The number of nitrogens with one attached hydrogen (secondary N) is 3. The van der Waals surface area contributed by atoms with Gasteiger partial charge in [0.15, 0.2) is 11.5 Å². The predicted octanol–water partition coefficient (Wildman–Crippen LogP) is 2.46. The molecule has 0 atom stereocenters. The summed E-state index contributed by atoms with van der Waals surface area (Å²) in [5, 5.41) is 0. The van der Waals surface area contributed by atoms with E-state index in [1.807, 2.05) is 13.8 Å². The van der Waals surface area contributed by atoms with Crippen LogP contribution in [-0.4, -0.2) is 33.4 Å². The summed E-state index contributed by atoms with van der Waals surface area (Å²) in [7, 11) is -3.93. The predicted molar refractivity (Wildman–Crippen MR) is 114 cm³/mol. The van der Waals surface area contributed by atoms with Crippen molar-refractivity contribution in [2.24, 2.45) is 5.92 Å². The summed E-state index contributed by atoms with van der Waals surface area (Å²) in [5.74, 6) is 0.142. The number of rotatable bonds is 6. The molecule has 31 heavy (non-hydrogen) atoms. The molecule has 1 heterocycles. The highest BCUT2D eigenvalue weighted by Crippen LogP contribution is 2.32. The second-order valence-corrected chi connectivity index (χ2v) is 9.13. The van der Waals surface area contributed by atoms with E-state index in [2.05, 4.69) is 15.6 Å². The average Bonchev–Trinajstić information content (AvgIpc) is 2.96. The third-order valence-electron chi connectivity index (χ3n) is 4.32. The Hall–Kier alpha value is -3.27. The van der Waals surface area contributed by atoms with E-state index in [4.69, 9.17) is 9.47 Å². The summed E-state index contributed by atoms with van der Waals surface area (Å²) < 4.78 is 39.1. The van der Waals surface area contributed by atoms with E-state index in [0.717, 1.165) is 0 Å². The number of hydrogen-bond acceptors (Lipinski definition) is 6. The third kappa shape index (κ3) is 6.11. The fourth-order valence-electron chi connectivity index (χ4n) is 2.87. The molecule has 2 amide bonds. The van der Waals surface area contributed by atoms with Crippen LogP contribution >= 0.6 is 0 Å². The Bertz CT molecular complexity index is 1070. The summed E-state index contributed by atoms with van der Waals surface area (Å²) in [6, 6.07) is 10.3. The molecule has 166 valence electrons. The van der Waals surface area contributed by atoms with E-state index < -0.39 is 15.9 Å². The molecular weight excluding hydrogens is 422 g/mol. The molecule has 0 saturated carbocycles. The highest BCUT2D eigenvalue weighted by Gasteiger charge is 2.19. The van der Waals surface area contributed by atoms with Crippen molar-refractivity contribution in [3.63, 3.8) is 0 Å². The number of hydrazine groups is 1. The van der Waals surface area contributed by atoms with Gasteiger partial charge in [-0.1, -0.05) is 19.9 Å². The Kier molecular flexibility index (Phi) is 7.01. The first-order chi connectivity index (χ1) is 14.7. The Labute approximate surface area is 181 Å². The van der Waals surface area contributed by atoms with Gasteiger partial charge in [-0.3, -0.25) is 25.2 Å². The van der Waals surface area contributed by atoms with Crippen LogP contribution in [0.15, 0.2) is 47.4 Å². The lowest BCUT2D eigenvalue weighted by molar-refractivity contribution is -0.122. The molecule has 0 radical (unpaired) electrons. The van der Waals surface area contributed by atoms with Crippen LogP contribution in [0.1, 0.15) is 37.0 Å². The van der Waals surface area contributed by atoms with Crippen LogP contribution < -0.4 is 25.0 Å². The van der Waals surface area contributed by atoms with E-state index in [0.29, 0.717) is 31.1 Å². The van der Waals surface area contributed by atoms with Gasteiger partial charge in [0.2, 0.25) is 5.91 Å². The number of sulfonamides is 1. The number of hydrogen-bond donors (Lipinski definition) is 3. The molecule has 0 fully saturated rings. The topological polar surface area (TPSA) is 123 Å². The second-order valence-electron chi connectivity index (χ2n) is 7.45.